The number of pyridine rings is 1. The average Bonchev–Trinajstić information content (AvgIpc) is 2.14. The fourth-order valence-corrected chi connectivity index (χ4v) is 0.831. The maximum atomic E-state index is 12.3. The standard InChI is InChI=1S/C7H6F3N3O/c8-7(9,10)5-2-1-3-11-6(5)13-12-4-14/h1-4H,(H,11,13)(H,12,14). The van der Waals surface area contributed by atoms with Gasteiger partial charge in [-0.05, 0) is 12.1 Å². The molecule has 0 saturated carbocycles. The topological polar surface area (TPSA) is 54.0 Å². The first-order chi connectivity index (χ1) is 6.55. The zero-order valence-corrected chi connectivity index (χ0v) is 6.80. The number of carbonyl (C=O) groups is 1. The molecule has 0 saturated heterocycles. The van der Waals surface area contributed by atoms with Gasteiger partial charge in [0.1, 0.15) is 0 Å². The van der Waals surface area contributed by atoms with Crippen LogP contribution >= 0.6 is 0 Å². The van der Waals surface area contributed by atoms with Crippen LogP contribution in [0, 0.1) is 0 Å². The van der Waals surface area contributed by atoms with Crippen molar-refractivity contribution in [3.8, 4) is 0 Å². The second-order valence-electron chi connectivity index (χ2n) is 2.28. The SMILES string of the molecule is O=CNNc1ncccc1C(F)(F)F. The number of nitrogens with one attached hydrogen (secondary N) is 2. The molecule has 0 unspecified atom stereocenters. The van der Waals surface area contributed by atoms with E-state index in [0.717, 1.165) is 12.1 Å². The average molecular weight is 205 g/mol. The molecule has 7 heteroatoms. The van der Waals surface area contributed by atoms with Crippen molar-refractivity contribution in [1.29, 1.82) is 0 Å². The van der Waals surface area contributed by atoms with E-state index in [2.05, 4.69) is 4.98 Å². The Kier molecular flexibility index (Phi) is 2.90. The van der Waals surface area contributed by atoms with Crippen molar-refractivity contribution >= 4 is 12.2 Å². The number of aromatic nitrogens is 1. The van der Waals surface area contributed by atoms with E-state index < -0.39 is 17.6 Å². The fraction of sp³-hybridized carbons (Fsp3) is 0.143. The molecule has 0 atom stereocenters. The normalized spacial score (nSPS) is 10.8. The second kappa shape index (κ2) is 3.95. The molecule has 0 fully saturated rings. The summed E-state index contributed by atoms with van der Waals surface area (Å²) in [6.07, 6.45) is -3.10. The summed E-state index contributed by atoms with van der Waals surface area (Å²) in [7, 11) is 0. The van der Waals surface area contributed by atoms with Crippen LogP contribution in [0.1, 0.15) is 5.56 Å². The molecule has 0 radical (unpaired) electrons. The number of alkyl halides is 3. The monoisotopic (exact) mass is 205 g/mol. The van der Waals surface area contributed by atoms with Gasteiger partial charge >= 0.3 is 6.18 Å². The number of hydrogen-bond acceptors (Lipinski definition) is 3. The Morgan fingerprint density at radius 1 is 1.43 bits per heavy atom. The van der Waals surface area contributed by atoms with E-state index in [1.807, 2.05) is 10.9 Å². The Bertz CT molecular complexity index is 326. The molecular formula is C7H6F3N3O. The largest absolute Gasteiger partial charge is 0.420 e. The summed E-state index contributed by atoms with van der Waals surface area (Å²) in [6.45, 7) is 0. The summed E-state index contributed by atoms with van der Waals surface area (Å²) in [5.74, 6) is -0.438. The number of hydrogen-bond donors (Lipinski definition) is 2. The van der Waals surface area contributed by atoms with Gasteiger partial charge in [0.2, 0.25) is 6.41 Å². The third-order valence-corrected chi connectivity index (χ3v) is 1.36. The smallest absolute Gasteiger partial charge is 0.282 e. The van der Waals surface area contributed by atoms with Crippen LogP contribution in [0.5, 0.6) is 0 Å². The number of nitrogens with zero attached hydrogens (tertiary/aromatic N) is 1. The summed E-state index contributed by atoms with van der Waals surface area (Å²) in [5.41, 5.74) is 2.97. The van der Waals surface area contributed by atoms with Gasteiger partial charge in [0, 0.05) is 6.20 Å². The van der Waals surface area contributed by atoms with Gasteiger partial charge < -0.3 is 0 Å². The van der Waals surface area contributed by atoms with Crippen LogP contribution < -0.4 is 10.9 Å². The fourth-order valence-electron chi connectivity index (χ4n) is 0.831. The van der Waals surface area contributed by atoms with E-state index in [1.165, 1.54) is 6.20 Å². The Morgan fingerprint density at radius 3 is 2.71 bits per heavy atom. The molecule has 0 aliphatic rings. The molecule has 0 aromatic carbocycles. The highest BCUT2D eigenvalue weighted by molar-refractivity contribution is 5.53. The van der Waals surface area contributed by atoms with Gasteiger partial charge in [-0.15, -0.1) is 0 Å². The van der Waals surface area contributed by atoms with Crippen molar-refractivity contribution < 1.29 is 18.0 Å². The van der Waals surface area contributed by atoms with E-state index in [1.54, 1.807) is 0 Å². The maximum absolute atomic E-state index is 12.3. The highest BCUT2D eigenvalue weighted by atomic mass is 19.4. The van der Waals surface area contributed by atoms with Gasteiger partial charge in [0.25, 0.3) is 0 Å². The molecule has 4 nitrogen and oxygen atoms in total. The predicted octanol–water partition coefficient (Wildman–Crippen LogP) is 1.17. The number of anilines is 1. The predicted molar refractivity (Wildman–Crippen MR) is 42.1 cm³/mol. The van der Waals surface area contributed by atoms with Crippen molar-refractivity contribution in [3.05, 3.63) is 23.9 Å². The minimum atomic E-state index is -4.50. The second-order valence-corrected chi connectivity index (χ2v) is 2.28. The summed E-state index contributed by atoms with van der Waals surface area (Å²) in [5, 5.41) is 0. The lowest BCUT2D eigenvalue weighted by Gasteiger charge is -2.11. The Labute approximate surface area is 77.1 Å². The number of rotatable bonds is 3. The van der Waals surface area contributed by atoms with Crippen molar-refractivity contribution in [1.82, 2.24) is 10.4 Å². The van der Waals surface area contributed by atoms with Gasteiger partial charge in [0.15, 0.2) is 5.82 Å². The zero-order chi connectivity index (χ0) is 10.6. The highest BCUT2D eigenvalue weighted by Gasteiger charge is 2.33. The third kappa shape index (κ3) is 2.35. The molecule has 0 spiro atoms. The number of amides is 1. The van der Waals surface area contributed by atoms with Crippen LogP contribution in [-0.4, -0.2) is 11.4 Å². The van der Waals surface area contributed by atoms with Crippen LogP contribution in [0.2, 0.25) is 0 Å². The van der Waals surface area contributed by atoms with Gasteiger partial charge in [0.05, 0.1) is 5.56 Å². The van der Waals surface area contributed by atoms with Crippen molar-refractivity contribution in [2.45, 2.75) is 6.18 Å². The van der Waals surface area contributed by atoms with E-state index in [9.17, 15) is 18.0 Å². The summed E-state index contributed by atoms with van der Waals surface area (Å²) in [4.78, 5) is 13.3. The number of hydrazine groups is 1. The van der Waals surface area contributed by atoms with Crippen molar-refractivity contribution in [3.63, 3.8) is 0 Å². The molecule has 14 heavy (non-hydrogen) atoms. The van der Waals surface area contributed by atoms with Gasteiger partial charge in [-0.25, -0.2) is 4.98 Å². The Balaban J connectivity index is 2.97. The lowest BCUT2D eigenvalue weighted by molar-refractivity contribution is -0.137. The molecule has 2 N–H and O–H groups in total. The Hall–Kier alpha value is -1.79. The van der Waals surface area contributed by atoms with E-state index >= 15 is 0 Å². The molecule has 1 amide bonds. The molecule has 0 aliphatic carbocycles. The third-order valence-electron chi connectivity index (χ3n) is 1.36. The lowest BCUT2D eigenvalue weighted by atomic mass is 10.2. The van der Waals surface area contributed by atoms with Crippen LogP contribution in [-0.2, 0) is 11.0 Å². The molecule has 1 rings (SSSR count). The van der Waals surface area contributed by atoms with Crippen molar-refractivity contribution in [2.75, 3.05) is 5.43 Å². The summed E-state index contributed by atoms with van der Waals surface area (Å²) < 4.78 is 36.8. The van der Waals surface area contributed by atoms with Crippen LogP contribution in [0.25, 0.3) is 0 Å². The molecule has 0 bridgehead atoms. The van der Waals surface area contributed by atoms with E-state index in [0.29, 0.717) is 0 Å². The molecular weight excluding hydrogens is 199 g/mol. The van der Waals surface area contributed by atoms with Gasteiger partial charge in [-0.1, -0.05) is 0 Å². The van der Waals surface area contributed by atoms with Crippen LogP contribution in [0.15, 0.2) is 18.3 Å². The minimum absolute atomic E-state index is 0.217. The zero-order valence-electron chi connectivity index (χ0n) is 6.80. The van der Waals surface area contributed by atoms with Gasteiger partial charge in [-0.3, -0.25) is 15.6 Å². The lowest BCUT2D eigenvalue weighted by Crippen LogP contribution is -2.22. The Morgan fingerprint density at radius 2 is 2.14 bits per heavy atom. The van der Waals surface area contributed by atoms with E-state index in [4.69, 9.17) is 0 Å². The first-order valence-corrected chi connectivity index (χ1v) is 3.53. The number of halogens is 3. The van der Waals surface area contributed by atoms with E-state index in [-0.39, 0.29) is 6.41 Å². The van der Waals surface area contributed by atoms with Crippen LogP contribution in [0.4, 0.5) is 19.0 Å². The first kappa shape index (κ1) is 10.3. The highest BCUT2D eigenvalue weighted by Crippen LogP contribution is 2.32. The minimum Gasteiger partial charge on any atom is -0.282 e. The van der Waals surface area contributed by atoms with Gasteiger partial charge in [-0.2, -0.15) is 13.2 Å². The summed E-state index contributed by atoms with van der Waals surface area (Å²) in [6, 6.07) is 2.02. The quantitative estimate of drug-likeness (QED) is 0.575. The molecule has 1 aromatic rings. The molecule has 1 heterocycles. The molecule has 0 aliphatic heterocycles. The first-order valence-electron chi connectivity index (χ1n) is 3.53. The maximum Gasteiger partial charge on any atom is 0.420 e. The van der Waals surface area contributed by atoms with Crippen molar-refractivity contribution in [2.24, 2.45) is 0 Å². The molecule has 1 aromatic heterocycles. The molecule has 76 valence electrons. The number of carbonyl (C=O) groups excluding carboxylic acids is 1. The summed E-state index contributed by atoms with van der Waals surface area (Å²) >= 11 is 0. The van der Waals surface area contributed by atoms with Crippen LogP contribution in [0.3, 0.4) is 0 Å².